The lowest BCUT2D eigenvalue weighted by Crippen LogP contribution is -2.22. The lowest BCUT2D eigenvalue weighted by Gasteiger charge is -2.13. The highest BCUT2D eigenvalue weighted by atomic mass is 19.1. The number of ether oxygens (including phenoxy) is 1. The Kier molecular flexibility index (Phi) is 5.88. The van der Waals surface area contributed by atoms with Gasteiger partial charge in [0.05, 0.1) is 19.3 Å². The van der Waals surface area contributed by atoms with Gasteiger partial charge < -0.3 is 20.3 Å². The predicted molar refractivity (Wildman–Crippen MR) is 68.3 cm³/mol. The molecule has 1 aromatic carbocycles. The van der Waals surface area contributed by atoms with Crippen LogP contribution in [0.1, 0.15) is 13.8 Å². The summed E-state index contributed by atoms with van der Waals surface area (Å²) in [6.07, 6.45) is -0.857. The Morgan fingerprint density at radius 1 is 1.39 bits per heavy atom. The van der Waals surface area contributed by atoms with Crippen LogP contribution in [0.4, 0.5) is 10.1 Å². The molecule has 3 N–H and O–H groups in total. The van der Waals surface area contributed by atoms with Gasteiger partial charge in [0.15, 0.2) is 11.6 Å². The number of halogens is 1. The third kappa shape index (κ3) is 4.89. The number of hydrogen-bond donors (Lipinski definition) is 3. The van der Waals surface area contributed by atoms with Gasteiger partial charge in [-0.25, -0.2) is 4.39 Å². The molecule has 1 atom stereocenters. The van der Waals surface area contributed by atoms with Crippen molar-refractivity contribution in [3.63, 3.8) is 0 Å². The van der Waals surface area contributed by atoms with E-state index >= 15 is 0 Å². The molecule has 0 aliphatic rings. The van der Waals surface area contributed by atoms with Crippen LogP contribution >= 0.6 is 0 Å². The summed E-state index contributed by atoms with van der Waals surface area (Å²) in [4.78, 5) is 0. The van der Waals surface area contributed by atoms with Gasteiger partial charge in [0, 0.05) is 18.3 Å². The molecule has 0 heterocycles. The molecular formula is C13H20FNO3. The van der Waals surface area contributed by atoms with Crippen molar-refractivity contribution in [1.29, 1.82) is 0 Å². The summed E-state index contributed by atoms with van der Waals surface area (Å²) in [6.45, 7) is 4.29. The summed E-state index contributed by atoms with van der Waals surface area (Å²) >= 11 is 0. The summed E-state index contributed by atoms with van der Waals surface area (Å²) in [7, 11) is 0. The van der Waals surface area contributed by atoms with Gasteiger partial charge in [-0.15, -0.1) is 0 Å². The van der Waals surface area contributed by atoms with Gasteiger partial charge in [-0.1, -0.05) is 13.8 Å². The standard InChI is InChI=1S/C13H20FNO3/c1-9(2)8-18-13-4-3-10(5-12(13)14)15-6-11(17)7-16/h3-5,9,11,15-17H,6-8H2,1-2H3. The lowest BCUT2D eigenvalue weighted by atomic mass is 10.2. The Morgan fingerprint density at radius 3 is 2.67 bits per heavy atom. The molecule has 1 rings (SSSR count). The van der Waals surface area contributed by atoms with E-state index in [1.807, 2.05) is 13.8 Å². The van der Waals surface area contributed by atoms with Gasteiger partial charge in [-0.05, 0) is 18.1 Å². The molecule has 102 valence electrons. The van der Waals surface area contributed by atoms with Crippen LogP contribution in [0.2, 0.25) is 0 Å². The first-order chi connectivity index (χ1) is 8.52. The normalized spacial score (nSPS) is 12.6. The van der Waals surface area contributed by atoms with Gasteiger partial charge in [-0.3, -0.25) is 0 Å². The highest BCUT2D eigenvalue weighted by molar-refractivity contribution is 5.47. The van der Waals surface area contributed by atoms with Crippen molar-refractivity contribution in [3.8, 4) is 5.75 Å². The Bertz CT molecular complexity index is 371. The van der Waals surface area contributed by atoms with Crippen molar-refractivity contribution in [2.75, 3.05) is 25.1 Å². The monoisotopic (exact) mass is 257 g/mol. The van der Waals surface area contributed by atoms with Crippen LogP contribution in [-0.2, 0) is 0 Å². The summed E-state index contributed by atoms with van der Waals surface area (Å²) in [5, 5.41) is 20.6. The van der Waals surface area contributed by atoms with Crippen LogP contribution < -0.4 is 10.1 Å². The molecule has 1 unspecified atom stereocenters. The van der Waals surface area contributed by atoms with Crippen LogP contribution in [0.25, 0.3) is 0 Å². The number of nitrogens with one attached hydrogen (secondary N) is 1. The zero-order valence-electron chi connectivity index (χ0n) is 10.7. The second-order valence-electron chi connectivity index (χ2n) is 4.57. The van der Waals surface area contributed by atoms with Crippen LogP contribution in [0, 0.1) is 11.7 Å². The number of hydrogen-bond acceptors (Lipinski definition) is 4. The van der Waals surface area contributed by atoms with Crippen molar-refractivity contribution < 1.29 is 19.3 Å². The van der Waals surface area contributed by atoms with E-state index < -0.39 is 11.9 Å². The van der Waals surface area contributed by atoms with Gasteiger partial charge in [0.25, 0.3) is 0 Å². The number of benzene rings is 1. The Balaban J connectivity index is 2.56. The molecule has 0 spiro atoms. The fourth-order valence-electron chi connectivity index (χ4n) is 1.28. The first kappa shape index (κ1) is 14.7. The third-order valence-corrected chi connectivity index (χ3v) is 2.26. The maximum Gasteiger partial charge on any atom is 0.167 e. The molecule has 0 amide bonds. The van der Waals surface area contributed by atoms with E-state index in [2.05, 4.69) is 5.32 Å². The Hall–Kier alpha value is -1.33. The van der Waals surface area contributed by atoms with Crippen molar-refractivity contribution in [1.82, 2.24) is 0 Å². The molecule has 0 saturated carbocycles. The zero-order chi connectivity index (χ0) is 13.5. The second kappa shape index (κ2) is 7.18. The first-order valence-corrected chi connectivity index (χ1v) is 5.98. The SMILES string of the molecule is CC(C)COc1ccc(NCC(O)CO)cc1F. The molecule has 0 bridgehead atoms. The minimum Gasteiger partial charge on any atom is -0.490 e. The highest BCUT2D eigenvalue weighted by Gasteiger charge is 2.07. The Morgan fingerprint density at radius 2 is 2.11 bits per heavy atom. The maximum atomic E-state index is 13.6. The maximum absolute atomic E-state index is 13.6. The number of aliphatic hydroxyl groups excluding tert-OH is 2. The quantitative estimate of drug-likeness (QED) is 0.694. The number of anilines is 1. The molecule has 0 aliphatic carbocycles. The third-order valence-electron chi connectivity index (χ3n) is 2.26. The van der Waals surface area contributed by atoms with Crippen molar-refractivity contribution in [2.45, 2.75) is 20.0 Å². The van der Waals surface area contributed by atoms with Crippen molar-refractivity contribution in [3.05, 3.63) is 24.0 Å². The molecule has 0 aliphatic heterocycles. The molecule has 0 radical (unpaired) electrons. The topological polar surface area (TPSA) is 61.7 Å². The molecule has 5 heteroatoms. The molecular weight excluding hydrogens is 237 g/mol. The average Bonchev–Trinajstić information content (AvgIpc) is 2.34. The van der Waals surface area contributed by atoms with Gasteiger partial charge >= 0.3 is 0 Å². The van der Waals surface area contributed by atoms with Gasteiger partial charge in [0.2, 0.25) is 0 Å². The van der Waals surface area contributed by atoms with Crippen LogP contribution in [-0.4, -0.2) is 36.1 Å². The summed E-state index contributed by atoms with van der Waals surface area (Å²) < 4.78 is 18.9. The van der Waals surface area contributed by atoms with Crippen LogP contribution in [0.3, 0.4) is 0 Å². The zero-order valence-corrected chi connectivity index (χ0v) is 10.7. The van der Waals surface area contributed by atoms with E-state index in [4.69, 9.17) is 14.9 Å². The molecule has 0 aromatic heterocycles. The van der Waals surface area contributed by atoms with Gasteiger partial charge in [-0.2, -0.15) is 0 Å². The molecule has 1 aromatic rings. The second-order valence-corrected chi connectivity index (χ2v) is 4.57. The number of aliphatic hydroxyl groups is 2. The molecule has 0 saturated heterocycles. The van der Waals surface area contributed by atoms with Crippen molar-refractivity contribution >= 4 is 5.69 Å². The smallest absolute Gasteiger partial charge is 0.167 e. The summed E-state index contributed by atoms with van der Waals surface area (Å²) in [6, 6.07) is 4.52. The fourth-order valence-corrected chi connectivity index (χ4v) is 1.28. The van der Waals surface area contributed by atoms with E-state index in [0.29, 0.717) is 18.2 Å². The Labute approximate surface area is 106 Å². The minimum atomic E-state index is -0.857. The van der Waals surface area contributed by atoms with Crippen LogP contribution in [0.5, 0.6) is 5.75 Å². The summed E-state index contributed by atoms with van der Waals surface area (Å²) in [5.74, 6) is 0.109. The van der Waals surface area contributed by atoms with E-state index in [-0.39, 0.29) is 18.9 Å². The van der Waals surface area contributed by atoms with E-state index in [1.165, 1.54) is 6.07 Å². The highest BCUT2D eigenvalue weighted by Crippen LogP contribution is 2.21. The number of rotatable bonds is 7. The fraction of sp³-hybridized carbons (Fsp3) is 0.538. The average molecular weight is 257 g/mol. The largest absolute Gasteiger partial charge is 0.490 e. The molecule has 0 fully saturated rings. The van der Waals surface area contributed by atoms with E-state index in [1.54, 1.807) is 12.1 Å². The molecule has 4 nitrogen and oxygen atoms in total. The van der Waals surface area contributed by atoms with Gasteiger partial charge in [0.1, 0.15) is 0 Å². The lowest BCUT2D eigenvalue weighted by molar-refractivity contribution is 0.105. The van der Waals surface area contributed by atoms with E-state index in [9.17, 15) is 4.39 Å². The summed E-state index contributed by atoms with van der Waals surface area (Å²) in [5.41, 5.74) is 0.539. The predicted octanol–water partition coefficient (Wildman–Crippen LogP) is 1.63. The molecule has 18 heavy (non-hydrogen) atoms. The minimum absolute atomic E-state index is 0.169. The van der Waals surface area contributed by atoms with E-state index in [0.717, 1.165) is 0 Å². The first-order valence-electron chi connectivity index (χ1n) is 5.98. The van der Waals surface area contributed by atoms with Crippen molar-refractivity contribution in [2.24, 2.45) is 5.92 Å². The van der Waals surface area contributed by atoms with Crippen LogP contribution in [0.15, 0.2) is 18.2 Å².